The number of rotatable bonds is 5. The summed E-state index contributed by atoms with van der Waals surface area (Å²) in [7, 11) is 0. The second kappa shape index (κ2) is 6.20. The van der Waals surface area contributed by atoms with Gasteiger partial charge in [0.15, 0.2) is 0 Å². The van der Waals surface area contributed by atoms with E-state index in [1.807, 2.05) is 42.2 Å². The van der Waals surface area contributed by atoms with Crippen molar-refractivity contribution < 1.29 is 4.79 Å². The molecular formula is C16H24N2O. The van der Waals surface area contributed by atoms with Crippen LogP contribution in [0.3, 0.4) is 0 Å². The van der Waals surface area contributed by atoms with Crippen molar-refractivity contribution in [2.75, 3.05) is 18.0 Å². The van der Waals surface area contributed by atoms with Crippen molar-refractivity contribution in [2.24, 2.45) is 0 Å². The Bertz CT molecular complexity index is 410. The molecule has 3 heteroatoms. The lowest BCUT2D eigenvalue weighted by Gasteiger charge is -2.34. The fourth-order valence-electron chi connectivity index (χ4n) is 3.05. The number of carbonyl (C=O) groups excluding carboxylic acids is 1. The standard InChI is InChI=1S/C16H24N2O/c1-3-11-16(12-8-13-17-16)15(19)18(4-2)14-9-6-5-7-10-14/h5-7,9-10,17H,3-4,8,11-13H2,1-2H3. The summed E-state index contributed by atoms with van der Waals surface area (Å²) in [5.41, 5.74) is 0.667. The molecule has 1 aliphatic rings. The van der Waals surface area contributed by atoms with Crippen LogP contribution in [0.2, 0.25) is 0 Å². The van der Waals surface area contributed by atoms with Crippen molar-refractivity contribution in [3.05, 3.63) is 30.3 Å². The predicted molar refractivity (Wildman–Crippen MR) is 79.3 cm³/mol. The molecule has 0 radical (unpaired) electrons. The van der Waals surface area contributed by atoms with E-state index in [0.717, 1.165) is 44.5 Å². The van der Waals surface area contributed by atoms with Gasteiger partial charge in [-0.2, -0.15) is 0 Å². The molecule has 0 spiro atoms. The first-order chi connectivity index (χ1) is 9.23. The Balaban J connectivity index is 2.24. The Labute approximate surface area is 116 Å². The van der Waals surface area contributed by atoms with Crippen LogP contribution in [0.5, 0.6) is 0 Å². The Morgan fingerprint density at radius 1 is 1.32 bits per heavy atom. The summed E-state index contributed by atoms with van der Waals surface area (Å²) in [6, 6.07) is 9.98. The van der Waals surface area contributed by atoms with Gasteiger partial charge in [-0.15, -0.1) is 0 Å². The molecule has 1 saturated heterocycles. The lowest BCUT2D eigenvalue weighted by atomic mass is 9.90. The van der Waals surface area contributed by atoms with Gasteiger partial charge >= 0.3 is 0 Å². The van der Waals surface area contributed by atoms with Crippen molar-refractivity contribution in [1.82, 2.24) is 5.32 Å². The number of likely N-dealkylation sites (N-methyl/N-ethyl adjacent to an activating group) is 1. The summed E-state index contributed by atoms with van der Waals surface area (Å²) >= 11 is 0. The van der Waals surface area contributed by atoms with Crippen molar-refractivity contribution in [3.63, 3.8) is 0 Å². The third-order valence-electron chi connectivity index (χ3n) is 3.96. The Kier molecular flexibility index (Phi) is 4.59. The van der Waals surface area contributed by atoms with E-state index in [1.165, 1.54) is 0 Å². The van der Waals surface area contributed by atoms with Gasteiger partial charge in [0.1, 0.15) is 0 Å². The fraction of sp³-hybridized carbons (Fsp3) is 0.562. The maximum atomic E-state index is 13.0. The first kappa shape index (κ1) is 14.1. The average molecular weight is 260 g/mol. The molecule has 3 nitrogen and oxygen atoms in total. The summed E-state index contributed by atoms with van der Waals surface area (Å²) in [5, 5.41) is 3.46. The molecule has 1 N–H and O–H groups in total. The Morgan fingerprint density at radius 2 is 2.05 bits per heavy atom. The van der Waals surface area contributed by atoms with E-state index in [0.29, 0.717) is 0 Å². The molecule has 1 atom stereocenters. The van der Waals surface area contributed by atoms with Crippen LogP contribution in [-0.2, 0) is 4.79 Å². The molecule has 1 heterocycles. The zero-order valence-corrected chi connectivity index (χ0v) is 12.0. The molecular weight excluding hydrogens is 236 g/mol. The molecule has 0 bridgehead atoms. The highest BCUT2D eigenvalue weighted by molar-refractivity contribution is 6.00. The summed E-state index contributed by atoms with van der Waals surface area (Å²) in [6.45, 7) is 5.86. The van der Waals surface area contributed by atoms with Crippen molar-refractivity contribution in [2.45, 2.75) is 45.1 Å². The van der Waals surface area contributed by atoms with Crippen LogP contribution in [0.25, 0.3) is 0 Å². The van der Waals surface area contributed by atoms with E-state index < -0.39 is 0 Å². The minimum Gasteiger partial charge on any atom is -0.311 e. The molecule has 0 aromatic heterocycles. The van der Waals surface area contributed by atoms with Crippen LogP contribution >= 0.6 is 0 Å². The largest absolute Gasteiger partial charge is 0.311 e. The van der Waals surface area contributed by atoms with Gasteiger partial charge in [0.05, 0.1) is 5.54 Å². The molecule has 1 aromatic carbocycles. The number of nitrogens with zero attached hydrogens (tertiary/aromatic N) is 1. The van der Waals surface area contributed by atoms with Crippen LogP contribution in [0, 0.1) is 0 Å². The van der Waals surface area contributed by atoms with Crippen LogP contribution in [0.15, 0.2) is 30.3 Å². The van der Waals surface area contributed by atoms with Gasteiger partial charge in [-0.3, -0.25) is 4.79 Å². The zero-order valence-electron chi connectivity index (χ0n) is 12.0. The molecule has 104 valence electrons. The molecule has 1 unspecified atom stereocenters. The predicted octanol–water partition coefficient (Wildman–Crippen LogP) is 2.96. The second-order valence-corrected chi connectivity index (χ2v) is 5.25. The van der Waals surface area contributed by atoms with E-state index in [-0.39, 0.29) is 11.4 Å². The molecule has 1 amide bonds. The first-order valence-electron chi connectivity index (χ1n) is 7.35. The van der Waals surface area contributed by atoms with Gasteiger partial charge in [-0.25, -0.2) is 0 Å². The third-order valence-corrected chi connectivity index (χ3v) is 3.96. The van der Waals surface area contributed by atoms with E-state index in [2.05, 4.69) is 12.2 Å². The quantitative estimate of drug-likeness (QED) is 0.882. The number of benzene rings is 1. The summed E-state index contributed by atoms with van der Waals surface area (Å²) in [5.74, 6) is 0.237. The summed E-state index contributed by atoms with van der Waals surface area (Å²) in [4.78, 5) is 14.9. The Morgan fingerprint density at radius 3 is 2.58 bits per heavy atom. The van der Waals surface area contributed by atoms with E-state index in [9.17, 15) is 4.79 Å². The maximum absolute atomic E-state index is 13.0. The van der Waals surface area contributed by atoms with Gasteiger partial charge in [-0.1, -0.05) is 31.5 Å². The first-order valence-corrected chi connectivity index (χ1v) is 7.35. The van der Waals surface area contributed by atoms with E-state index in [1.54, 1.807) is 0 Å². The number of amides is 1. The molecule has 1 aliphatic heterocycles. The van der Waals surface area contributed by atoms with Crippen LogP contribution in [-0.4, -0.2) is 24.5 Å². The monoisotopic (exact) mass is 260 g/mol. The molecule has 1 fully saturated rings. The number of nitrogens with one attached hydrogen (secondary N) is 1. The number of hydrogen-bond donors (Lipinski definition) is 1. The lowest BCUT2D eigenvalue weighted by Crippen LogP contribution is -2.55. The maximum Gasteiger partial charge on any atom is 0.247 e. The number of anilines is 1. The molecule has 1 aromatic rings. The average Bonchev–Trinajstić information content (AvgIpc) is 2.91. The topological polar surface area (TPSA) is 32.3 Å². The highest BCUT2D eigenvalue weighted by atomic mass is 16.2. The summed E-state index contributed by atoms with van der Waals surface area (Å²) < 4.78 is 0. The van der Waals surface area contributed by atoms with Crippen LogP contribution in [0.4, 0.5) is 5.69 Å². The molecule has 0 saturated carbocycles. The van der Waals surface area contributed by atoms with Crippen molar-refractivity contribution >= 4 is 11.6 Å². The molecule has 0 aliphatic carbocycles. The number of para-hydroxylation sites is 1. The molecule has 19 heavy (non-hydrogen) atoms. The normalized spacial score (nSPS) is 22.4. The van der Waals surface area contributed by atoms with Gasteiger partial charge in [-0.05, 0) is 44.9 Å². The number of carbonyl (C=O) groups is 1. The van der Waals surface area contributed by atoms with E-state index in [4.69, 9.17) is 0 Å². The SMILES string of the molecule is CCCC1(C(=O)N(CC)c2ccccc2)CCCN1. The lowest BCUT2D eigenvalue weighted by molar-refractivity contribution is -0.124. The third kappa shape index (κ3) is 2.81. The smallest absolute Gasteiger partial charge is 0.247 e. The van der Waals surface area contributed by atoms with Crippen molar-refractivity contribution in [3.8, 4) is 0 Å². The van der Waals surface area contributed by atoms with Gasteiger partial charge in [0.2, 0.25) is 5.91 Å². The minimum atomic E-state index is -0.333. The fourth-order valence-corrected chi connectivity index (χ4v) is 3.05. The number of hydrogen-bond acceptors (Lipinski definition) is 2. The van der Waals surface area contributed by atoms with Crippen molar-refractivity contribution in [1.29, 1.82) is 0 Å². The highest BCUT2D eigenvalue weighted by Crippen LogP contribution is 2.29. The van der Waals surface area contributed by atoms with E-state index >= 15 is 0 Å². The van der Waals surface area contributed by atoms with Crippen LogP contribution < -0.4 is 10.2 Å². The Hall–Kier alpha value is -1.35. The van der Waals surface area contributed by atoms with Gasteiger partial charge in [0, 0.05) is 12.2 Å². The van der Waals surface area contributed by atoms with Gasteiger partial charge in [0.25, 0.3) is 0 Å². The summed E-state index contributed by atoms with van der Waals surface area (Å²) in [6.07, 6.45) is 4.02. The highest BCUT2D eigenvalue weighted by Gasteiger charge is 2.42. The molecule has 2 rings (SSSR count). The van der Waals surface area contributed by atoms with Gasteiger partial charge < -0.3 is 10.2 Å². The second-order valence-electron chi connectivity index (χ2n) is 5.25. The zero-order chi connectivity index (χ0) is 13.7. The van der Waals surface area contributed by atoms with Crippen LogP contribution in [0.1, 0.15) is 39.5 Å². The minimum absolute atomic E-state index is 0.237.